The van der Waals surface area contributed by atoms with Gasteiger partial charge in [-0.1, -0.05) is 45.7 Å². The van der Waals surface area contributed by atoms with E-state index in [4.69, 9.17) is 25.8 Å². The molecule has 0 aliphatic heterocycles. The van der Waals surface area contributed by atoms with E-state index in [2.05, 4.69) is 21.2 Å². The summed E-state index contributed by atoms with van der Waals surface area (Å²) in [6, 6.07) is 19.2. The summed E-state index contributed by atoms with van der Waals surface area (Å²) in [4.78, 5) is 0. The maximum absolute atomic E-state index is 6.26. The lowest BCUT2D eigenvalue weighted by molar-refractivity contribution is 0.281. The van der Waals surface area contributed by atoms with Gasteiger partial charge in [0.25, 0.3) is 0 Å². The topological polar surface area (TPSA) is 39.7 Å². The zero-order valence-electron chi connectivity index (χ0n) is 15.7. The van der Waals surface area contributed by atoms with Gasteiger partial charge in [0, 0.05) is 32.9 Å². The lowest BCUT2D eigenvalue weighted by Gasteiger charge is -2.18. The number of rotatable bonds is 8. The Morgan fingerprint density at radius 1 is 0.929 bits per heavy atom. The Bertz CT molecular complexity index is 932. The van der Waals surface area contributed by atoms with E-state index in [0.29, 0.717) is 29.7 Å². The Balaban J connectivity index is 1.81. The Morgan fingerprint density at radius 2 is 1.68 bits per heavy atom. The van der Waals surface area contributed by atoms with Crippen LogP contribution in [0.5, 0.6) is 17.2 Å². The molecule has 28 heavy (non-hydrogen) atoms. The number of benzene rings is 3. The third-order valence-electron chi connectivity index (χ3n) is 4.28. The van der Waals surface area contributed by atoms with E-state index in [1.165, 1.54) is 0 Å². The number of hydrogen-bond acceptors (Lipinski definition) is 4. The lowest BCUT2D eigenvalue weighted by Crippen LogP contribution is -2.06. The van der Waals surface area contributed by atoms with Crippen molar-refractivity contribution in [3.63, 3.8) is 0 Å². The van der Waals surface area contributed by atoms with E-state index in [9.17, 15) is 0 Å². The zero-order chi connectivity index (χ0) is 19.9. The van der Waals surface area contributed by atoms with Crippen LogP contribution in [0.15, 0.2) is 65.1 Å². The van der Waals surface area contributed by atoms with Crippen molar-refractivity contribution >= 4 is 33.2 Å². The summed E-state index contributed by atoms with van der Waals surface area (Å²) in [6.07, 6.45) is 0. The molecule has 0 saturated carbocycles. The molecular formula is C22H21BrClNO3. The van der Waals surface area contributed by atoms with Crippen LogP contribution < -0.4 is 19.5 Å². The fourth-order valence-corrected chi connectivity index (χ4v) is 3.37. The summed E-state index contributed by atoms with van der Waals surface area (Å²) in [5.41, 5.74) is 2.86. The minimum Gasteiger partial charge on any atom is -0.497 e. The van der Waals surface area contributed by atoms with Crippen LogP contribution in [0.25, 0.3) is 0 Å². The molecule has 0 heterocycles. The molecule has 0 aliphatic carbocycles. The minimum absolute atomic E-state index is 0.349. The van der Waals surface area contributed by atoms with Crippen LogP contribution in [0.1, 0.15) is 11.1 Å². The van der Waals surface area contributed by atoms with Gasteiger partial charge in [-0.3, -0.25) is 0 Å². The molecule has 3 aromatic rings. The Hall–Kier alpha value is -2.37. The number of methoxy groups -OCH3 is 2. The molecule has 0 aromatic heterocycles. The molecule has 4 nitrogen and oxygen atoms in total. The first-order chi connectivity index (χ1) is 13.6. The quantitative estimate of drug-likeness (QED) is 0.426. The second-order valence-corrected chi connectivity index (χ2v) is 7.28. The highest BCUT2D eigenvalue weighted by Gasteiger charge is 2.15. The van der Waals surface area contributed by atoms with E-state index in [1.807, 2.05) is 60.7 Å². The first-order valence-corrected chi connectivity index (χ1v) is 9.89. The molecule has 0 spiro atoms. The van der Waals surface area contributed by atoms with E-state index >= 15 is 0 Å². The average Bonchev–Trinajstić information content (AvgIpc) is 2.73. The highest BCUT2D eigenvalue weighted by molar-refractivity contribution is 9.10. The highest BCUT2D eigenvalue weighted by atomic mass is 79.9. The first kappa shape index (κ1) is 20.4. The second-order valence-electron chi connectivity index (χ2n) is 6.02. The molecule has 0 atom stereocenters. The van der Waals surface area contributed by atoms with Gasteiger partial charge >= 0.3 is 0 Å². The fourth-order valence-electron chi connectivity index (χ4n) is 2.73. The van der Waals surface area contributed by atoms with E-state index < -0.39 is 0 Å². The SMILES string of the molecule is COc1ccc(NCc2c(Br)ccc(OC)c2OCc2ccccc2Cl)cc1. The van der Waals surface area contributed by atoms with Crippen LogP contribution in [-0.2, 0) is 13.2 Å². The van der Waals surface area contributed by atoms with Crippen molar-refractivity contribution in [3.05, 3.63) is 81.3 Å². The number of nitrogens with one attached hydrogen (secondary N) is 1. The van der Waals surface area contributed by atoms with Gasteiger partial charge in [0.05, 0.1) is 14.2 Å². The molecule has 0 radical (unpaired) electrons. The Morgan fingerprint density at radius 3 is 2.36 bits per heavy atom. The minimum atomic E-state index is 0.349. The predicted molar refractivity (Wildman–Crippen MR) is 117 cm³/mol. The van der Waals surface area contributed by atoms with Gasteiger partial charge in [0.1, 0.15) is 12.4 Å². The first-order valence-electron chi connectivity index (χ1n) is 8.72. The molecule has 1 N–H and O–H groups in total. The molecule has 0 fully saturated rings. The van der Waals surface area contributed by atoms with Crippen molar-refractivity contribution in [1.82, 2.24) is 0 Å². The third kappa shape index (κ3) is 4.91. The van der Waals surface area contributed by atoms with Crippen LogP contribution in [0.2, 0.25) is 5.02 Å². The molecular weight excluding hydrogens is 442 g/mol. The molecule has 3 rings (SSSR count). The molecule has 6 heteroatoms. The molecule has 0 amide bonds. The maximum atomic E-state index is 6.26. The number of halogens is 2. The van der Waals surface area contributed by atoms with Crippen LogP contribution >= 0.6 is 27.5 Å². The third-order valence-corrected chi connectivity index (χ3v) is 5.39. The van der Waals surface area contributed by atoms with Gasteiger partial charge in [0.15, 0.2) is 11.5 Å². The van der Waals surface area contributed by atoms with Crippen LogP contribution in [-0.4, -0.2) is 14.2 Å². The smallest absolute Gasteiger partial charge is 0.167 e. The van der Waals surface area contributed by atoms with Crippen LogP contribution in [0.4, 0.5) is 5.69 Å². The van der Waals surface area contributed by atoms with E-state index in [0.717, 1.165) is 27.0 Å². The molecule has 0 unspecified atom stereocenters. The van der Waals surface area contributed by atoms with Gasteiger partial charge in [0.2, 0.25) is 0 Å². The Labute approximate surface area is 178 Å². The zero-order valence-corrected chi connectivity index (χ0v) is 18.0. The summed E-state index contributed by atoms with van der Waals surface area (Å²) in [7, 11) is 3.28. The molecule has 0 bridgehead atoms. The molecule has 3 aromatic carbocycles. The predicted octanol–water partition coefficient (Wildman–Crippen LogP) is 6.31. The number of anilines is 1. The van der Waals surface area contributed by atoms with Gasteiger partial charge in [-0.15, -0.1) is 0 Å². The number of ether oxygens (including phenoxy) is 3. The van der Waals surface area contributed by atoms with Crippen LogP contribution in [0, 0.1) is 0 Å². The maximum Gasteiger partial charge on any atom is 0.167 e. The summed E-state index contributed by atoms with van der Waals surface area (Å²) < 4.78 is 17.8. The van der Waals surface area contributed by atoms with Crippen molar-refractivity contribution < 1.29 is 14.2 Å². The standard InChI is InChI=1S/C22H21BrClNO3/c1-26-17-9-7-16(8-10-17)25-13-18-19(23)11-12-21(27-2)22(18)28-14-15-5-3-4-6-20(15)24/h3-12,25H,13-14H2,1-2H3. The average molecular weight is 463 g/mol. The monoisotopic (exact) mass is 461 g/mol. The van der Waals surface area contributed by atoms with Crippen molar-refractivity contribution in [2.24, 2.45) is 0 Å². The summed E-state index contributed by atoms with van der Waals surface area (Å²) in [5.74, 6) is 2.16. The van der Waals surface area contributed by atoms with Crippen molar-refractivity contribution in [1.29, 1.82) is 0 Å². The van der Waals surface area contributed by atoms with Gasteiger partial charge < -0.3 is 19.5 Å². The van der Waals surface area contributed by atoms with Gasteiger partial charge in [-0.25, -0.2) is 0 Å². The summed E-state index contributed by atoms with van der Waals surface area (Å²) >= 11 is 9.88. The van der Waals surface area contributed by atoms with E-state index in [1.54, 1.807) is 14.2 Å². The second kappa shape index (κ2) is 9.71. The van der Waals surface area contributed by atoms with E-state index in [-0.39, 0.29) is 0 Å². The largest absolute Gasteiger partial charge is 0.497 e. The molecule has 0 saturated heterocycles. The Kier molecular flexibility index (Phi) is 7.06. The summed E-state index contributed by atoms with van der Waals surface area (Å²) in [6.45, 7) is 0.907. The lowest BCUT2D eigenvalue weighted by atomic mass is 10.1. The summed E-state index contributed by atoms with van der Waals surface area (Å²) in [5, 5.41) is 4.08. The molecule has 146 valence electrons. The fraction of sp³-hybridized carbons (Fsp3) is 0.182. The van der Waals surface area contributed by atoms with Gasteiger partial charge in [-0.05, 0) is 42.5 Å². The molecule has 0 aliphatic rings. The number of hydrogen-bond donors (Lipinski definition) is 1. The van der Waals surface area contributed by atoms with Gasteiger partial charge in [-0.2, -0.15) is 0 Å². The normalized spacial score (nSPS) is 10.4. The highest BCUT2D eigenvalue weighted by Crippen LogP contribution is 2.37. The van der Waals surface area contributed by atoms with Crippen molar-refractivity contribution in [3.8, 4) is 17.2 Å². The van der Waals surface area contributed by atoms with Crippen molar-refractivity contribution in [2.45, 2.75) is 13.2 Å². The van der Waals surface area contributed by atoms with Crippen LogP contribution in [0.3, 0.4) is 0 Å². The van der Waals surface area contributed by atoms with Crippen molar-refractivity contribution in [2.75, 3.05) is 19.5 Å².